The van der Waals surface area contributed by atoms with Crippen molar-refractivity contribution >= 4 is 29.2 Å². The van der Waals surface area contributed by atoms with Gasteiger partial charge in [0.25, 0.3) is 0 Å². The van der Waals surface area contributed by atoms with Crippen LogP contribution in [0, 0.1) is 0 Å². The third-order valence-corrected chi connectivity index (χ3v) is 2.65. The molecule has 7 heteroatoms. The van der Waals surface area contributed by atoms with Crippen LogP contribution in [0.15, 0.2) is 24.3 Å². The quantitative estimate of drug-likeness (QED) is 0.486. The lowest BCUT2D eigenvalue weighted by Gasteiger charge is -2.08. The number of nitrogens with one attached hydrogen (secondary N) is 4. The number of carbonyl (C=O) groups is 3. The van der Waals surface area contributed by atoms with Crippen molar-refractivity contribution < 1.29 is 14.4 Å². The van der Waals surface area contributed by atoms with Gasteiger partial charge >= 0.3 is 17.8 Å². The number of amides is 4. The van der Waals surface area contributed by atoms with E-state index in [0.717, 1.165) is 12.8 Å². The lowest BCUT2D eigenvalue weighted by molar-refractivity contribution is -0.136. The van der Waals surface area contributed by atoms with Gasteiger partial charge in [0.2, 0.25) is 0 Å². The van der Waals surface area contributed by atoms with Crippen LogP contribution < -0.4 is 21.3 Å². The van der Waals surface area contributed by atoms with Gasteiger partial charge in [-0.2, -0.15) is 0 Å². The molecule has 0 fully saturated rings. The molecule has 0 unspecified atom stereocenters. The second-order valence-electron chi connectivity index (χ2n) is 4.35. The molecule has 0 spiro atoms. The summed E-state index contributed by atoms with van der Waals surface area (Å²) < 4.78 is 0. The van der Waals surface area contributed by atoms with Gasteiger partial charge in [-0.15, -0.1) is 0 Å². The maximum absolute atomic E-state index is 11.6. The Labute approximate surface area is 123 Å². The first-order valence-electron chi connectivity index (χ1n) is 6.74. The maximum atomic E-state index is 11.6. The van der Waals surface area contributed by atoms with E-state index in [0.29, 0.717) is 17.9 Å². The molecule has 0 atom stereocenters. The molecule has 7 nitrogen and oxygen atoms in total. The highest BCUT2D eigenvalue weighted by molar-refractivity contribution is 6.39. The number of unbranched alkanes of at least 4 members (excludes halogenated alkanes) is 1. The van der Waals surface area contributed by atoms with Crippen LogP contribution in [0.5, 0.6) is 0 Å². The normalized spacial score (nSPS) is 9.62. The van der Waals surface area contributed by atoms with Crippen LogP contribution in [0.2, 0.25) is 0 Å². The molecule has 4 N–H and O–H groups in total. The van der Waals surface area contributed by atoms with Crippen LogP contribution >= 0.6 is 0 Å². The predicted molar refractivity (Wildman–Crippen MR) is 81.1 cm³/mol. The highest BCUT2D eigenvalue weighted by atomic mass is 16.2. The second kappa shape index (κ2) is 8.57. The smallest absolute Gasteiger partial charge is 0.318 e. The minimum Gasteiger partial charge on any atom is -0.348 e. The van der Waals surface area contributed by atoms with E-state index in [1.165, 1.54) is 7.05 Å². The van der Waals surface area contributed by atoms with E-state index < -0.39 is 11.8 Å². The molecule has 0 aliphatic rings. The number of hydrogen-bond donors (Lipinski definition) is 4. The summed E-state index contributed by atoms with van der Waals surface area (Å²) in [6, 6.07) is 6.12. The molecule has 1 rings (SSSR count). The molecule has 0 aliphatic carbocycles. The Hall–Kier alpha value is -2.57. The summed E-state index contributed by atoms with van der Waals surface area (Å²) in [6.07, 6.45) is 1.78. The lowest BCUT2D eigenvalue weighted by Crippen LogP contribution is -2.35. The number of hydrogen-bond acceptors (Lipinski definition) is 3. The number of urea groups is 1. The molecule has 0 saturated heterocycles. The average Bonchev–Trinajstić information content (AvgIpc) is 2.49. The zero-order valence-corrected chi connectivity index (χ0v) is 12.2. The molecule has 0 aromatic heterocycles. The van der Waals surface area contributed by atoms with Crippen LogP contribution in [0.1, 0.15) is 19.8 Å². The van der Waals surface area contributed by atoms with Crippen molar-refractivity contribution in [2.45, 2.75) is 19.8 Å². The van der Waals surface area contributed by atoms with Crippen molar-refractivity contribution in [3.63, 3.8) is 0 Å². The number of rotatable bonds is 5. The summed E-state index contributed by atoms with van der Waals surface area (Å²) in [6.45, 7) is 2.48. The first-order valence-corrected chi connectivity index (χ1v) is 6.74. The number of anilines is 2. The first kappa shape index (κ1) is 16.5. The van der Waals surface area contributed by atoms with Crippen molar-refractivity contribution in [3.8, 4) is 0 Å². The van der Waals surface area contributed by atoms with Gasteiger partial charge in [-0.25, -0.2) is 4.79 Å². The van der Waals surface area contributed by atoms with Gasteiger partial charge in [-0.3, -0.25) is 9.59 Å². The fourth-order valence-electron chi connectivity index (χ4n) is 1.48. The predicted octanol–water partition coefficient (Wildman–Crippen LogP) is 1.29. The molecular formula is C14H20N4O3. The molecule has 1 aromatic carbocycles. The number of benzene rings is 1. The zero-order chi connectivity index (χ0) is 15.7. The molecule has 0 radical (unpaired) electrons. The fourth-order valence-corrected chi connectivity index (χ4v) is 1.48. The number of carbonyl (C=O) groups excluding carboxylic acids is 3. The van der Waals surface area contributed by atoms with E-state index in [4.69, 9.17) is 0 Å². The van der Waals surface area contributed by atoms with Crippen molar-refractivity contribution in [1.82, 2.24) is 10.6 Å². The zero-order valence-electron chi connectivity index (χ0n) is 12.2. The van der Waals surface area contributed by atoms with Crippen LogP contribution in [-0.2, 0) is 9.59 Å². The molecule has 21 heavy (non-hydrogen) atoms. The van der Waals surface area contributed by atoms with Crippen molar-refractivity contribution in [2.24, 2.45) is 0 Å². The summed E-state index contributed by atoms with van der Waals surface area (Å²) >= 11 is 0. The molecule has 0 aliphatic heterocycles. The van der Waals surface area contributed by atoms with Crippen LogP contribution in [0.25, 0.3) is 0 Å². The molecule has 0 heterocycles. The van der Waals surface area contributed by atoms with Crippen LogP contribution in [0.4, 0.5) is 16.2 Å². The average molecular weight is 292 g/mol. The molecular weight excluding hydrogens is 272 g/mol. The Balaban J connectivity index is 2.49. The van der Waals surface area contributed by atoms with Gasteiger partial charge in [0.1, 0.15) is 0 Å². The maximum Gasteiger partial charge on any atom is 0.318 e. The lowest BCUT2D eigenvalue weighted by atomic mass is 10.2. The Morgan fingerprint density at radius 2 is 1.52 bits per heavy atom. The second-order valence-corrected chi connectivity index (χ2v) is 4.35. The first-order chi connectivity index (χ1) is 10.1. The van der Waals surface area contributed by atoms with E-state index in [-0.39, 0.29) is 6.03 Å². The van der Waals surface area contributed by atoms with Crippen LogP contribution in [0.3, 0.4) is 0 Å². The minimum atomic E-state index is -0.710. The molecule has 1 aromatic rings. The van der Waals surface area contributed by atoms with E-state index >= 15 is 0 Å². The molecule has 0 bridgehead atoms. The Bertz CT molecular complexity index is 499. The van der Waals surface area contributed by atoms with Gasteiger partial charge in [0, 0.05) is 25.0 Å². The molecule has 114 valence electrons. The minimum absolute atomic E-state index is 0.331. The highest BCUT2D eigenvalue weighted by Gasteiger charge is 2.12. The SMILES string of the molecule is CCCCNC(=O)C(=O)Nc1ccc(NC(=O)NC)cc1. The summed E-state index contributed by atoms with van der Waals surface area (Å²) in [5, 5.41) is 10.0. The fraction of sp³-hybridized carbons (Fsp3) is 0.357. The monoisotopic (exact) mass is 292 g/mol. The van der Waals surface area contributed by atoms with Gasteiger partial charge in [-0.1, -0.05) is 13.3 Å². The van der Waals surface area contributed by atoms with Gasteiger partial charge in [0.15, 0.2) is 0 Å². The summed E-state index contributed by atoms with van der Waals surface area (Å²) in [4.78, 5) is 34.2. The highest BCUT2D eigenvalue weighted by Crippen LogP contribution is 2.13. The summed E-state index contributed by atoms with van der Waals surface area (Å²) in [5.74, 6) is -1.37. The van der Waals surface area contributed by atoms with E-state index in [9.17, 15) is 14.4 Å². The third-order valence-electron chi connectivity index (χ3n) is 2.65. The Morgan fingerprint density at radius 3 is 2.05 bits per heavy atom. The summed E-state index contributed by atoms with van der Waals surface area (Å²) in [7, 11) is 1.51. The Kier molecular flexibility index (Phi) is 6.73. The van der Waals surface area contributed by atoms with Crippen molar-refractivity contribution in [1.29, 1.82) is 0 Å². The van der Waals surface area contributed by atoms with E-state index in [2.05, 4.69) is 21.3 Å². The van der Waals surface area contributed by atoms with E-state index in [1.807, 2.05) is 6.92 Å². The largest absolute Gasteiger partial charge is 0.348 e. The van der Waals surface area contributed by atoms with Gasteiger partial charge < -0.3 is 21.3 Å². The Morgan fingerprint density at radius 1 is 0.952 bits per heavy atom. The van der Waals surface area contributed by atoms with Crippen molar-refractivity contribution in [3.05, 3.63) is 24.3 Å². The standard InChI is InChI=1S/C14H20N4O3/c1-3-4-9-16-12(19)13(20)17-10-5-7-11(8-6-10)18-14(21)15-2/h5-8H,3-4,9H2,1-2H3,(H,16,19)(H,17,20)(H2,15,18,21). The van der Waals surface area contributed by atoms with Crippen LogP contribution in [-0.4, -0.2) is 31.4 Å². The van der Waals surface area contributed by atoms with Crippen molar-refractivity contribution in [2.75, 3.05) is 24.2 Å². The van der Waals surface area contributed by atoms with Gasteiger partial charge in [0.05, 0.1) is 0 Å². The van der Waals surface area contributed by atoms with Gasteiger partial charge in [-0.05, 0) is 30.7 Å². The topological polar surface area (TPSA) is 99.3 Å². The third kappa shape index (κ3) is 5.94. The van der Waals surface area contributed by atoms with E-state index in [1.54, 1.807) is 24.3 Å². The summed E-state index contributed by atoms with van der Waals surface area (Å²) in [5.41, 5.74) is 1.06. The molecule has 4 amide bonds. The molecule has 0 saturated carbocycles.